The number of nitrogens with one attached hydrogen (secondary N) is 1. The molecule has 0 unspecified atom stereocenters. The lowest BCUT2D eigenvalue weighted by Crippen LogP contribution is -2.17. The van der Waals surface area contributed by atoms with Gasteiger partial charge in [-0.15, -0.1) is 0 Å². The number of rotatable bonds is 5. The molecule has 1 N–H and O–H groups in total. The van der Waals surface area contributed by atoms with E-state index in [0.29, 0.717) is 19.3 Å². The maximum absolute atomic E-state index is 11.8. The number of benzene rings is 1. The first-order valence-electron chi connectivity index (χ1n) is 5.85. The lowest BCUT2D eigenvalue weighted by atomic mass is 10.0. The van der Waals surface area contributed by atoms with Crippen molar-refractivity contribution in [1.82, 2.24) is 5.32 Å². The third kappa shape index (κ3) is 4.02. The molecule has 1 aromatic carbocycles. The molecule has 0 spiro atoms. The minimum atomic E-state index is -0.0158. The smallest absolute Gasteiger partial charge is 0.219 e. The molecule has 0 saturated carbocycles. The Balaban J connectivity index is 2.52. The number of carbonyl (C=O) groups is 2. The molecule has 0 aliphatic carbocycles. The van der Waals surface area contributed by atoms with Gasteiger partial charge in [0.2, 0.25) is 5.91 Å². The maximum Gasteiger partial charge on any atom is 0.219 e. The second-order valence-electron chi connectivity index (χ2n) is 4.25. The summed E-state index contributed by atoms with van der Waals surface area (Å²) in [5, 5.41) is 2.54. The molecule has 1 rings (SSSR count). The van der Waals surface area contributed by atoms with E-state index in [0.717, 1.165) is 11.1 Å². The fourth-order valence-corrected chi connectivity index (χ4v) is 1.59. The normalized spacial score (nSPS) is 10.1. The van der Waals surface area contributed by atoms with Crippen LogP contribution in [0.3, 0.4) is 0 Å². The Morgan fingerprint density at radius 3 is 2.41 bits per heavy atom. The summed E-state index contributed by atoms with van der Waals surface area (Å²) in [4.78, 5) is 22.9. The highest BCUT2D eigenvalue weighted by Crippen LogP contribution is 2.12. The number of carbonyl (C=O) groups excluding carboxylic acids is 2. The van der Waals surface area contributed by atoms with Crippen molar-refractivity contribution in [2.45, 2.75) is 33.1 Å². The molecule has 0 aliphatic heterocycles. The summed E-state index contributed by atoms with van der Waals surface area (Å²) in [6.07, 6.45) is 1.44. The molecule has 92 valence electrons. The van der Waals surface area contributed by atoms with E-state index in [-0.39, 0.29) is 11.7 Å². The average molecular weight is 233 g/mol. The lowest BCUT2D eigenvalue weighted by molar-refractivity contribution is -0.120. The van der Waals surface area contributed by atoms with Crippen LogP contribution in [0, 0.1) is 13.8 Å². The van der Waals surface area contributed by atoms with Gasteiger partial charge in [0.25, 0.3) is 0 Å². The molecule has 3 nitrogen and oxygen atoms in total. The van der Waals surface area contributed by atoms with Crippen molar-refractivity contribution in [3.8, 4) is 0 Å². The van der Waals surface area contributed by atoms with Crippen molar-refractivity contribution < 1.29 is 9.59 Å². The fraction of sp³-hybridized carbons (Fsp3) is 0.429. The first-order chi connectivity index (χ1) is 8.04. The number of Topliss-reactive ketones (excluding diaryl/α,β-unsaturated/α-hetero) is 1. The topological polar surface area (TPSA) is 46.2 Å². The van der Waals surface area contributed by atoms with Gasteiger partial charge in [-0.1, -0.05) is 12.1 Å². The zero-order valence-corrected chi connectivity index (χ0v) is 10.7. The SMILES string of the molecule is CNC(=O)CCCC(=O)c1ccc(C)c(C)c1. The molecule has 1 amide bonds. The summed E-state index contributed by atoms with van der Waals surface area (Å²) in [6, 6.07) is 5.73. The van der Waals surface area contributed by atoms with Crippen molar-refractivity contribution in [3.05, 3.63) is 34.9 Å². The molecule has 17 heavy (non-hydrogen) atoms. The Kier molecular flexibility index (Phi) is 4.88. The first-order valence-corrected chi connectivity index (χ1v) is 5.85. The summed E-state index contributed by atoms with van der Waals surface area (Å²) in [5.41, 5.74) is 3.05. The highest BCUT2D eigenvalue weighted by Gasteiger charge is 2.07. The average Bonchev–Trinajstić information content (AvgIpc) is 2.32. The van der Waals surface area contributed by atoms with Crippen molar-refractivity contribution in [3.63, 3.8) is 0 Å². The molecule has 0 aliphatic rings. The molecule has 0 radical (unpaired) electrons. The minimum Gasteiger partial charge on any atom is -0.359 e. The largest absolute Gasteiger partial charge is 0.359 e. The second-order valence-corrected chi connectivity index (χ2v) is 4.25. The van der Waals surface area contributed by atoms with Crippen LogP contribution >= 0.6 is 0 Å². The van der Waals surface area contributed by atoms with Crippen molar-refractivity contribution in [1.29, 1.82) is 0 Å². The summed E-state index contributed by atoms with van der Waals surface area (Å²) in [6.45, 7) is 4.02. The van der Waals surface area contributed by atoms with Crippen LogP contribution in [0.15, 0.2) is 18.2 Å². The maximum atomic E-state index is 11.8. The Hall–Kier alpha value is -1.64. The third-order valence-electron chi connectivity index (χ3n) is 2.92. The van der Waals surface area contributed by atoms with Crippen LogP contribution in [0.1, 0.15) is 40.7 Å². The van der Waals surface area contributed by atoms with Crippen LogP contribution in [0.4, 0.5) is 0 Å². The number of ketones is 1. The molecular formula is C14H19NO2. The van der Waals surface area contributed by atoms with E-state index < -0.39 is 0 Å². The van der Waals surface area contributed by atoms with Crippen molar-refractivity contribution in [2.75, 3.05) is 7.05 Å². The fourth-order valence-electron chi connectivity index (χ4n) is 1.59. The van der Waals surface area contributed by atoms with Gasteiger partial charge in [0.15, 0.2) is 5.78 Å². The molecule has 3 heteroatoms. The molecule has 0 fully saturated rings. The quantitative estimate of drug-likeness (QED) is 0.794. The van der Waals surface area contributed by atoms with Gasteiger partial charge in [-0.3, -0.25) is 9.59 Å². The summed E-state index contributed by atoms with van der Waals surface area (Å²) >= 11 is 0. The number of amides is 1. The first kappa shape index (κ1) is 13.4. The van der Waals surface area contributed by atoms with E-state index in [1.807, 2.05) is 32.0 Å². The molecule has 0 saturated heterocycles. The van der Waals surface area contributed by atoms with Crippen LogP contribution < -0.4 is 5.32 Å². The van der Waals surface area contributed by atoms with Crippen LogP contribution in [0.2, 0.25) is 0 Å². The monoisotopic (exact) mass is 233 g/mol. The van der Waals surface area contributed by atoms with Gasteiger partial charge >= 0.3 is 0 Å². The van der Waals surface area contributed by atoms with Gasteiger partial charge in [0.1, 0.15) is 0 Å². The highest BCUT2D eigenvalue weighted by molar-refractivity contribution is 5.96. The van der Waals surface area contributed by atoms with E-state index in [1.54, 1.807) is 7.05 Å². The van der Waals surface area contributed by atoms with E-state index in [2.05, 4.69) is 5.32 Å². The second kappa shape index (κ2) is 6.18. The van der Waals surface area contributed by atoms with Crippen LogP contribution in [0.25, 0.3) is 0 Å². The predicted molar refractivity (Wildman–Crippen MR) is 68.2 cm³/mol. The highest BCUT2D eigenvalue weighted by atomic mass is 16.1. The van der Waals surface area contributed by atoms with Gasteiger partial charge < -0.3 is 5.32 Å². The van der Waals surface area contributed by atoms with Crippen LogP contribution in [0.5, 0.6) is 0 Å². The Morgan fingerprint density at radius 2 is 1.82 bits per heavy atom. The number of hydrogen-bond acceptors (Lipinski definition) is 2. The molecule has 0 heterocycles. The van der Waals surface area contributed by atoms with Crippen molar-refractivity contribution in [2.24, 2.45) is 0 Å². The lowest BCUT2D eigenvalue weighted by Gasteiger charge is -2.04. The molecule has 1 aromatic rings. The minimum absolute atomic E-state index is 0.0158. The molecule has 0 bridgehead atoms. The summed E-state index contributed by atoms with van der Waals surface area (Å²) in [5.74, 6) is 0.0925. The van der Waals surface area contributed by atoms with Crippen molar-refractivity contribution >= 4 is 11.7 Å². The summed E-state index contributed by atoms with van der Waals surface area (Å²) < 4.78 is 0. The van der Waals surface area contributed by atoms with Gasteiger partial charge in [-0.05, 0) is 37.5 Å². The van der Waals surface area contributed by atoms with Gasteiger partial charge in [0.05, 0.1) is 0 Å². The molecular weight excluding hydrogens is 214 g/mol. The van der Waals surface area contributed by atoms with E-state index in [4.69, 9.17) is 0 Å². The molecule has 0 atom stereocenters. The van der Waals surface area contributed by atoms with E-state index >= 15 is 0 Å². The zero-order valence-electron chi connectivity index (χ0n) is 10.7. The third-order valence-corrected chi connectivity index (χ3v) is 2.92. The Labute approximate surface area is 102 Å². The van der Waals surface area contributed by atoms with Gasteiger partial charge in [-0.25, -0.2) is 0 Å². The standard InChI is InChI=1S/C14H19NO2/c1-10-7-8-12(9-11(10)2)13(16)5-4-6-14(17)15-3/h7-9H,4-6H2,1-3H3,(H,15,17). The predicted octanol–water partition coefficient (Wildman–Crippen LogP) is 2.40. The van der Waals surface area contributed by atoms with Crippen LogP contribution in [-0.4, -0.2) is 18.7 Å². The van der Waals surface area contributed by atoms with E-state index in [1.165, 1.54) is 5.56 Å². The van der Waals surface area contributed by atoms with Gasteiger partial charge in [0, 0.05) is 25.5 Å². The van der Waals surface area contributed by atoms with Crippen LogP contribution in [-0.2, 0) is 4.79 Å². The number of hydrogen-bond donors (Lipinski definition) is 1. The molecule has 0 aromatic heterocycles. The number of aryl methyl sites for hydroxylation is 2. The van der Waals surface area contributed by atoms with E-state index in [9.17, 15) is 9.59 Å². The Bertz CT molecular complexity index is 424. The summed E-state index contributed by atoms with van der Waals surface area (Å²) in [7, 11) is 1.60. The zero-order chi connectivity index (χ0) is 12.8. The Morgan fingerprint density at radius 1 is 1.12 bits per heavy atom. The van der Waals surface area contributed by atoms with Gasteiger partial charge in [-0.2, -0.15) is 0 Å².